The average molecular weight is 291 g/mol. The van der Waals surface area contributed by atoms with Crippen LogP contribution in [0.2, 0.25) is 0 Å². The number of sulfonamides is 1. The fourth-order valence-electron chi connectivity index (χ4n) is 1.97. The van der Waals surface area contributed by atoms with Gasteiger partial charge in [-0.15, -0.1) is 0 Å². The van der Waals surface area contributed by atoms with Gasteiger partial charge in [0.2, 0.25) is 10.0 Å². The average Bonchev–Trinajstić information content (AvgIpc) is 3.05. The van der Waals surface area contributed by atoms with E-state index in [4.69, 9.17) is 5.73 Å². The Morgan fingerprint density at radius 2 is 2.15 bits per heavy atom. The summed E-state index contributed by atoms with van der Waals surface area (Å²) in [6.07, 6.45) is 4.52. The molecule has 0 aliphatic heterocycles. The van der Waals surface area contributed by atoms with Gasteiger partial charge in [0.25, 0.3) is 0 Å². The van der Waals surface area contributed by atoms with Gasteiger partial charge in [0.1, 0.15) is 4.90 Å². The van der Waals surface area contributed by atoms with Crippen LogP contribution in [-0.4, -0.2) is 23.4 Å². The first-order chi connectivity index (χ1) is 9.56. The van der Waals surface area contributed by atoms with Gasteiger partial charge in [0, 0.05) is 34.7 Å². The molecule has 0 fully saturated rings. The molecule has 3 aromatic rings. The number of benzene rings is 1. The molecular weight excluding hydrogens is 278 g/mol. The second kappa shape index (κ2) is 4.66. The summed E-state index contributed by atoms with van der Waals surface area (Å²) in [7, 11) is -3.60. The van der Waals surface area contributed by atoms with E-state index in [1.807, 2.05) is 0 Å². The molecular formula is C12H13N5O2S. The lowest BCUT2D eigenvalue weighted by Crippen LogP contribution is -2.23. The minimum Gasteiger partial charge on any atom is -0.399 e. The van der Waals surface area contributed by atoms with E-state index in [9.17, 15) is 8.42 Å². The van der Waals surface area contributed by atoms with Crippen molar-refractivity contribution in [3.8, 4) is 0 Å². The zero-order valence-electron chi connectivity index (χ0n) is 10.4. The molecule has 0 unspecified atom stereocenters. The number of nitrogens with zero attached hydrogens (tertiary/aromatic N) is 1. The van der Waals surface area contributed by atoms with E-state index in [-0.39, 0.29) is 11.4 Å². The molecule has 0 aliphatic rings. The highest BCUT2D eigenvalue weighted by Crippen LogP contribution is 2.24. The minimum atomic E-state index is -3.60. The smallest absolute Gasteiger partial charge is 0.243 e. The van der Waals surface area contributed by atoms with Crippen molar-refractivity contribution in [3.63, 3.8) is 0 Å². The lowest BCUT2D eigenvalue weighted by atomic mass is 10.2. The molecule has 0 spiro atoms. The Morgan fingerprint density at radius 3 is 2.90 bits per heavy atom. The van der Waals surface area contributed by atoms with Gasteiger partial charge in [-0.05, 0) is 18.2 Å². The van der Waals surface area contributed by atoms with Crippen LogP contribution < -0.4 is 10.5 Å². The molecule has 0 radical (unpaired) electrons. The van der Waals surface area contributed by atoms with E-state index in [0.717, 1.165) is 0 Å². The lowest BCUT2D eigenvalue weighted by Gasteiger charge is -2.04. The molecule has 0 saturated carbocycles. The quantitative estimate of drug-likeness (QED) is 0.535. The highest BCUT2D eigenvalue weighted by atomic mass is 32.2. The third-order valence-corrected chi connectivity index (χ3v) is 4.41. The van der Waals surface area contributed by atoms with Crippen molar-refractivity contribution in [2.45, 2.75) is 11.4 Å². The molecule has 104 valence electrons. The highest BCUT2D eigenvalue weighted by molar-refractivity contribution is 7.89. The summed E-state index contributed by atoms with van der Waals surface area (Å²) in [6, 6.07) is 5.05. The molecule has 7 nitrogen and oxygen atoms in total. The van der Waals surface area contributed by atoms with Gasteiger partial charge in [-0.25, -0.2) is 18.1 Å². The van der Waals surface area contributed by atoms with Gasteiger partial charge >= 0.3 is 0 Å². The molecule has 3 rings (SSSR count). The van der Waals surface area contributed by atoms with Crippen LogP contribution in [0.4, 0.5) is 5.69 Å². The number of anilines is 1. The summed E-state index contributed by atoms with van der Waals surface area (Å²) in [5.41, 5.74) is 7.63. The summed E-state index contributed by atoms with van der Waals surface area (Å²) < 4.78 is 27.1. The largest absolute Gasteiger partial charge is 0.399 e. The van der Waals surface area contributed by atoms with Gasteiger partial charge in [0.05, 0.1) is 12.9 Å². The number of fused-ring (bicyclic) bond motifs is 1. The fourth-order valence-corrected chi connectivity index (χ4v) is 3.15. The highest BCUT2D eigenvalue weighted by Gasteiger charge is 2.18. The van der Waals surface area contributed by atoms with Crippen LogP contribution in [0.3, 0.4) is 0 Å². The molecule has 2 heterocycles. The van der Waals surface area contributed by atoms with Crippen molar-refractivity contribution >= 4 is 26.6 Å². The fraction of sp³-hybridized carbons (Fsp3) is 0.0833. The Labute approximate surface area is 115 Å². The van der Waals surface area contributed by atoms with Gasteiger partial charge < -0.3 is 15.7 Å². The van der Waals surface area contributed by atoms with Gasteiger partial charge in [-0.2, -0.15) is 0 Å². The van der Waals surface area contributed by atoms with Crippen molar-refractivity contribution in [2.24, 2.45) is 0 Å². The summed E-state index contributed by atoms with van der Waals surface area (Å²) >= 11 is 0. The third-order valence-electron chi connectivity index (χ3n) is 2.96. The van der Waals surface area contributed by atoms with Gasteiger partial charge in [-0.1, -0.05) is 0 Å². The predicted octanol–water partition coefficient (Wildman–Crippen LogP) is 0.952. The van der Waals surface area contributed by atoms with Crippen LogP contribution >= 0.6 is 0 Å². The predicted molar refractivity (Wildman–Crippen MR) is 75.3 cm³/mol. The molecule has 0 saturated heterocycles. The number of aromatic amines is 2. The number of hydrogen-bond donors (Lipinski definition) is 4. The Hall–Kier alpha value is -2.32. The molecule has 20 heavy (non-hydrogen) atoms. The van der Waals surface area contributed by atoms with Crippen LogP contribution in [0.15, 0.2) is 41.8 Å². The Balaban J connectivity index is 1.93. The second-order valence-electron chi connectivity index (χ2n) is 4.36. The number of rotatable bonds is 4. The molecule has 0 aliphatic carbocycles. The summed E-state index contributed by atoms with van der Waals surface area (Å²) in [5.74, 6) is 0. The van der Waals surface area contributed by atoms with Crippen molar-refractivity contribution in [3.05, 3.63) is 42.6 Å². The first-order valence-electron chi connectivity index (χ1n) is 5.90. The van der Waals surface area contributed by atoms with E-state index in [1.54, 1.807) is 24.4 Å². The number of nitrogen functional groups attached to an aromatic ring is 1. The maximum atomic E-state index is 12.3. The lowest BCUT2D eigenvalue weighted by molar-refractivity contribution is 0.581. The van der Waals surface area contributed by atoms with E-state index in [0.29, 0.717) is 22.3 Å². The molecule has 8 heteroatoms. The number of aromatic nitrogens is 3. The normalized spacial score (nSPS) is 12.0. The first kappa shape index (κ1) is 12.7. The number of nitrogens with two attached hydrogens (primary N) is 1. The number of H-pyrrole nitrogens is 2. The molecule has 5 N–H and O–H groups in total. The Morgan fingerprint density at radius 1 is 1.30 bits per heavy atom. The summed E-state index contributed by atoms with van der Waals surface area (Å²) in [6.45, 7) is 0.157. The maximum absolute atomic E-state index is 12.3. The van der Waals surface area contributed by atoms with Crippen molar-refractivity contribution in [1.29, 1.82) is 0 Å². The molecule has 0 atom stereocenters. The number of hydrogen-bond acceptors (Lipinski definition) is 4. The molecule has 2 aromatic heterocycles. The van der Waals surface area contributed by atoms with E-state index in [1.165, 1.54) is 12.5 Å². The minimum absolute atomic E-state index is 0.157. The molecule has 0 amide bonds. The standard InChI is InChI=1S/C12H13N5O2S/c13-8-1-2-10-11(3-8)15-6-12(10)20(18,19)17-5-9-4-14-7-16-9/h1-4,6-7,15,17H,5,13H2,(H,14,16). The first-order valence-corrected chi connectivity index (χ1v) is 7.38. The van der Waals surface area contributed by atoms with Crippen LogP contribution in [0.25, 0.3) is 10.9 Å². The van der Waals surface area contributed by atoms with Crippen molar-refractivity contribution < 1.29 is 8.42 Å². The molecule has 1 aromatic carbocycles. The summed E-state index contributed by atoms with van der Waals surface area (Å²) in [5, 5.41) is 0.608. The maximum Gasteiger partial charge on any atom is 0.243 e. The molecule has 0 bridgehead atoms. The van der Waals surface area contributed by atoms with Crippen molar-refractivity contribution in [2.75, 3.05) is 5.73 Å². The van der Waals surface area contributed by atoms with Gasteiger partial charge in [-0.3, -0.25) is 0 Å². The van der Waals surface area contributed by atoms with E-state index >= 15 is 0 Å². The zero-order chi connectivity index (χ0) is 14.2. The van der Waals surface area contributed by atoms with Crippen LogP contribution in [-0.2, 0) is 16.6 Å². The second-order valence-corrected chi connectivity index (χ2v) is 6.09. The number of imidazole rings is 1. The van der Waals surface area contributed by atoms with Crippen LogP contribution in [0, 0.1) is 0 Å². The number of nitrogens with one attached hydrogen (secondary N) is 3. The zero-order valence-corrected chi connectivity index (χ0v) is 11.2. The van der Waals surface area contributed by atoms with E-state index < -0.39 is 10.0 Å². The summed E-state index contributed by atoms with van der Waals surface area (Å²) in [4.78, 5) is 9.78. The topological polar surface area (TPSA) is 117 Å². The van der Waals surface area contributed by atoms with Gasteiger partial charge in [0.15, 0.2) is 0 Å². The monoisotopic (exact) mass is 291 g/mol. The van der Waals surface area contributed by atoms with E-state index in [2.05, 4.69) is 19.7 Å². The third kappa shape index (κ3) is 2.26. The Kier molecular flexibility index (Phi) is 2.96. The van der Waals surface area contributed by atoms with Crippen molar-refractivity contribution in [1.82, 2.24) is 19.7 Å². The van der Waals surface area contributed by atoms with Crippen LogP contribution in [0.5, 0.6) is 0 Å². The SMILES string of the molecule is Nc1ccc2c(S(=O)(=O)NCc3cnc[nH]3)c[nH]c2c1. The Bertz CT molecular complexity index is 836. The van der Waals surface area contributed by atoms with Crippen LogP contribution in [0.1, 0.15) is 5.69 Å².